The van der Waals surface area contributed by atoms with Gasteiger partial charge in [0.15, 0.2) is 0 Å². The number of rotatable bonds is 5. The normalized spacial score (nSPS) is 14.0. The fourth-order valence-corrected chi connectivity index (χ4v) is 2.25. The molecule has 0 bridgehead atoms. The van der Waals surface area contributed by atoms with Crippen molar-refractivity contribution in [1.29, 1.82) is 0 Å². The van der Waals surface area contributed by atoms with Gasteiger partial charge in [-0.25, -0.2) is 4.39 Å². The van der Waals surface area contributed by atoms with E-state index in [1.54, 1.807) is 19.1 Å². The van der Waals surface area contributed by atoms with Crippen LogP contribution in [0.3, 0.4) is 0 Å². The SMILES string of the molecule is CC(O)(CCCN)c1ccc(-c2ccc(F)cc2)cc1. The second kappa shape index (κ2) is 6.16. The van der Waals surface area contributed by atoms with Gasteiger partial charge < -0.3 is 10.8 Å². The summed E-state index contributed by atoms with van der Waals surface area (Å²) in [5, 5.41) is 10.4. The van der Waals surface area contributed by atoms with E-state index in [0.29, 0.717) is 13.0 Å². The maximum atomic E-state index is 12.9. The lowest BCUT2D eigenvalue weighted by molar-refractivity contribution is 0.0463. The van der Waals surface area contributed by atoms with Crippen LogP contribution in [0.15, 0.2) is 48.5 Å². The van der Waals surface area contributed by atoms with E-state index in [9.17, 15) is 9.50 Å². The molecule has 3 N–H and O–H groups in total. The summed E-state index contributed by atoms with van der Waals surface area (Å²) in [6.45, 7) is 2.37. The van der Waals surface area contributed by atoms with Crippen molar-refractivity contribution < 1.29 is 9.50 Å². The first-order chi connectivity index (χ1) is 9.53. The van der Waals surface area contributed by atoms with Gasteiger partial charge in [0.1, 0.15) is 5.82 Å². The Bertz CT molecular complexity index is 546. The zero-order valence-corrected chi connectivity index (χ0v) is 11.6. The fourth-order valence-electron chi connectivity index (χ4n) is 2.25. The van der Waals surface area contributed by atoms with E-state index in [1.807, 2.05) is 24.3 Å². The molecule has 0 fully saturated rings. The zero-order chi connectivity index (χ0) is 14.6. The monoisotopic (exact) mass is 273 g/mol. The number of aliphatic hydroxyl groups is 1. The molecule has 1 unspecified atom stereocenters. The van der Waals surface area contributed by atoms with Gasteiger partial charge in [-0.3, -0.25) is 0 Å². The average Bonchev–Trinajstić information content (AvgIpc) is 2.46. The molecule has 2 aromatic rings. The molecule has 2 nitrogen and oxygen atoms in total. The first-order valence-corrected chi connectivity index (χ1v) is 6.82. The lowest BCUT2D eigenvalue weighted by atomic mass is 9.90. The number of hydrogen-bond donors (Lipinski definition) is 2. The summed E-state index contributed by atoms with van der Waals surface area (Å²) in [5.41, 5.74) is 7.46. The van der Waals surface area contributed by atoms with Crippen molar-refractivity contribution in [2.24, 2.45) is 5.73 Å². The van der Waals surface area contributed by atoms with Crippen LogP contribution in [0.25, 0.3) is 11.1 Å². The van der Waals surface area contributed by atoms with Gasteiger partial charge in [-0.05, 0) is 55.1 Å². The molecule has 0 aromatic heterocycles. The Labute approximate surface area is 119 Å². The van der Waals surface area contributed by atoms with Crippen LogP contribution in [0.5, 0.6) is 0 Å². The second-order valence-corrected chi connectivity index (χ2v) is 5.25. The predicted molar refractivity (Wildman–Crippen MR) is 79.7 cm³/mol. The minimum absolute atomic E-state index is 0.241. The topological polar surface area (TPSA) is 46.2 Å². The van der Waals surface area contributed by atoms with Crippen LogP contribution in [0, 0.1) is 5.82 Å². The Hall–Kier alpha value is -1.71. The average molecular weight is 273 g/mol. The molecule has 1 atom stereocenters. The van der Waals surface area contributed by atoms with Gasteiger partial charge in [0, 0.05) is 0 Å². The van der Waals surface area contributed by atoms with Crippen molar-refractivity contribution in [3.8, 4) is 11.1 Å². The van der Waals surface area contributed by atoms with E-state index in [4.69, 9.17) is 5.73 Å². The maximum Gasteiger partial charge on any atom is 0.123 e. The lowest BCUT2D eigenvalue weighted by Crippen LogP contribution is -2.22. The molecule has 0 aliphatic rings. The highest BCUT2D eigenvalue weighted by Crippen LogP contribution is 2.28. The summed E-state index contributed by atoms with van der Waals surface area (Å²) in [6.07, 6.45) is 1.42. The Morgan fingerprint density at radius 3 is 2.00 bits per heavy atom. The number of benzene rings is 2. The predicted octanol–water partition coefficient (Wildman–Crippen LogP) is 3.44. The first kappa shape index (κ1) is 14.7. The molecule has 20 heavy (non-hydrogen) atoms. The van der Waals surface area contributed by atoms with E-state index in [2.05, 4.69) is 0 Å². The minimum atomic E-state index is -0.860. The Morgan fingerprint density at radius 1 is 1.00 bits per heavy atom. The molecule has 2 rings (SSSR count). The van der Waals surface area contributed by atoms with Crippen molar-refractivity contribution in [3.05, 3.63) is 59.9 Å². The number of hydrogen-bond acceptors (Lipinski definition) is 2. The van der Waals surface area contributed by atoms with Crippen molar-refractivity contribution in [2.45, 2.75) is 25.4 Å². The largest absolute Gasteiger partial charge is 0.385 e. The summed E-state index contributed by atoms with van der Waals surface area (Å²) in [4.78, 5) is 0. The van der Waals surface area contributed by atoms with E-state index in [-0.39, 0.29) is 5.82 Å². The van der Waals surface area contributed by atoms with Gasteiger partial charge in [0.2, 0.25) is 0 Å². The Kier molecular flexibility index (Phi) is 4.53. The molecular formula is C17H20FNO. The van der Waals surface area contributed by atoms with Gasteiger partial charge in [0.25, 0.3) is 0 Å². The van der Waals surface area contributed by atoms with Crippen LogP contribution in [0.1, 0.15) is 25.3 Å². The molecule has 0 saturated carbocycles. The summed E-state index contributed by atoms with van der Waals surface area (Å²) in [7, 11) is 0. The summed E-state index contributed by atoms with van der Waals surface area (Å²) in [5.74, 6) is -0.241. The fraction of sp³-hybridized carbons (Fsp3) is 0.294. The van der Waals surface area contributed by atoms with Crippen molar-refractivity contribution in [1.82, 2.24) is 0 Å². The third-order valence-corrected chi connectivity index (χ3v) is 3.55. The van der Waals surface area contributed by atoms with Gasteiger partial charge in [0.05, 0.1) is 5.60 Å². The number of halogens is 1. The summed E-state index contributed by atoms with van der Waals surface area (Å²) >= 11 is 0. The molecule has 0 saturated heterocycles. The highest BCUT2D eigenvalue weighted by molar-refractivity contribution is 5.63. The molecule has 3 heteroatoms. The van der Waals surface area contributed by atoms with Gasteiger partial charge in [-0.2, -0.15) is 0 Å². The van der Waals surface area contributed by atoms with Gasteiger partial charge >= 0.3 is 0 Å². The molecular weight excluding hydrogens is 253 g/mol. The Morgan fingerprint density at radius 2 is 1.50 bits per heavy atom. The highest BCUT2D eigenvalue weighted by atomic mass is 19.1. The van der Waals surface area contributed by atoms with Crippen molar-refractivity contribution >= 4 is 0 Å². The summed E-state index contributed by atoms with van der Waals surface area (Å²) in [6, 6.07) is 14.1. The second-order valence-electron chi connectivity index (χ2n) is 5.25. The van der Waals surface area contributed by atoms with Crippen molar-refractivity contribution in [3.63, 3.8) is 0 Å². The van der Waals surface area contributed by atoms with Crippen LogP contribution in [-0.2, 0) is 5.60 Å². The molecule has 0 aliphatic heterocycles. The number of nitrogens with two attached hydrogens (primary N) is 1. The maximum absolute atomic E-state index is 12.9. The van der Waals surface area contributed by atoms with Crippen LogP contribution in [-0.4, -0.2) is 11.7 Å². The third-order valence-electron chi connectivity index (χ3n) is 3.55. The molecule has 0 spiro atoms. The van der Waals surface area contributed by atoms with Gasteiger partial charge in [-0.15, -0.1) is 0 Å². The van der Waals surface area contributed by atoms with Gasteiger partial charge in [-0.1, -0.05) is 36.4 Å². The first-order valence-electron chi connectivity index (χ1n) is 6.82. The van der Waals surface area contributed by atoms with E-state index >= 15 is 0 Å². The van der Waals surface area contributed by atoms with E-state index in [1.165, 1.54) is 12.1 Å². The van der Waals surface area contributed by atoms with Crippen LogP contribution >= 0.6 is 0 Å². The lowest BCUT2D eigenvalue weighted by Gasteiger charge is -2.23. The smallest absolute Gasteiger partial charge is 0.123 e. The molecule has 0 amide bonds. The molecule has 0 radical (unpaired) electrons. The van der Waals surface area contributed by atoms with E-state index in [0.717, 1.165) is 23.1 Å². The van der Waals surface area contributed by atoms with Crippen LogP contribution in [0.2, 0.25) is 0 Å². The zero-order valence-electron chi connectivity index (χ0n) is 11.6. The van der Waals surface area contributed by atoms with Crippen molar-refractivity contribution in [2.75, 3.05) is 6.54 Å². The van der Waals surface area contributed by atoms with E-state index < -0.39 is 5.60 Å². The molecule has 106 valence electrons. The highest BCUT2D eigenvalue weighted by Gasteiger charge is 2.21. The summed E-state index contributed by atoms with van der Waals surface area (Å²) < 4.78 is 12.9. The quantitative estimate of drug-likeness (QED) is 0.876. The molecule has 0 aliphatic carbocycles. The van der Waals surface area contributed by atoms with Crippen LogP contribution in [0.4, 0.5) is 4.39 Å². The standard InChI is InChI=1S/C17H20FNO/c1-17(20,11-2-12-19)15-7-3-13(4-8-15)14-5-9-16(18)10-6-14/h3-10,20H,2,11-12,19H2,1H3. The van der Waals surface area contributed by atoms with Crippen LogP contribution < -0.4 is 5.73 Å². The Balaban J connectivity index is 2.19. The minimum Gasteiger partial charge on any atom is -0.385 e. The molecule has 2 aromatic carbocycles. The molecule has 0 heterocycles. The third kappa shape index (κ3) is 3.44.